The predicted octanol–water partition coefficient (Wildman–Crippen LogP) is 0.836. The van der Waals surface area contributed by atoms with Gasteiger partial charge in [-0.3, -0.25) is 0 Å². The standard InChI is InChI=1S/C4H12NOP/c1-7(2,3)5-4-6-7/h5H,4H2,1-3H3. The molecule has 0 aromatic rings. The first-order chi connectivity index (χ1) is 2.97. The van der Waals surface area contributed by atoms with Crippen molar-refractivity contribution in [1.29, 1.82) is 0 Å². The number of nitrogens with one attached hydrogen (secondary N) is 1. The zero-order chi connectivity index (χ0) is 5.57. The Hall–Kier alpha value is 0.350. The molecule has 0 aliphatic carbocycles. The van der Waals surface area contributed by atoms with Crippen LogP contribution in [0.1, 0.15) is 0 Å². The van der Waals surface area contributed by atoms with Crippen LogP contribution in [0.3, 0.4) is 0 Å². The van der Waals surface area contributed by atoms with Gasteiger partial charge in [0.1, 0.15) is 0 Å². The fourth-order valence-electron chi connectivity index (χ4n) is 0.452. The van der Waals surface area contributed by atoms with Crippen molar-refractivity contribution in [2.24, 2.45) is 0 Å². The van der Waals surface area contributed by atoms with Crippen molar-refractivity contribution >= 4 is 6.98 Å². The van der Waals surface area contributed by atoms with E-state index in [1.807, 2.05) is 0 Å². The van der Waals surface area contributed by atoms with Crippen LogP contribution in [0.25, 0.3) is 0 Å². The SMILES string of the molecule is CP1(C)(C)NCO1. The fourth-order valence-corrected chi connectivity index (χ4v) is 1.36. The minimum absolute atomic E-state index is 0.751. The molecule has 3 heteroatoms. The minimum atomic E-state index is -1.65. The summed E-state index contributed by atoms with van der Waals surface area (Å²) in [4.78, 5) is 0. The van der Waals surface area contributed by atoms with Gasteiger partial charge in [0.15, 0.2) is 0 Å². The second kappa shape index (κ2) is 1.02. The molecule has 2 nitrogen and oxygen atoms in total. The molecule has 44 valence electrons. The molecule has 0 atom stereocenters. The second-order valence-corrected chi connectivity index (χ2v) is 8.96. The van der Waals surface area contributed by atoms with E-state index in [9.17, 15) is 0 Å². The average Bonchev–Trinajstić information content (AvgIpc) is 1.30. The summed E-state index contributed by atoms with van der Waals surface area (Å²) < 4.78 is 5.32. The van der Waals surface area contributed by atoms with E-state index in [0.29, 0.717) is 0 Å². The third kappa shape index (κ3) is 1.12. The molecular formula is C4H12NOP. The van der Waals surface area contributed by atoms with Gasteiger partial charge in [0.05, 0.1) is 0 Å². The molecule has 7 heavy (non-hydrogen) atoms. The van der Waals surface area contributed by atoms with Gasteiger partial charge in [0.25, 0.3) is 0 Å². The van der Waals surface area contributed by atoms with Gasteiger partial charge < -0.3 is 0 Å². The Morgan fingerprint density at radius 3 is 1.71 bits per heavy atom. The van der Waals surface area contributed by atoms with Gasteiger partial charge in [-0.25, -0.2) is 0 Å². The van der Waals surface area contributed by atoms with E-state index in [1.165, 1.54) is 0 Å². The molecule has 1 heterocycles. The molecule has 0 bridgehead atoms. The summed E-state index contributed by atoms with van der Waals surface area (Å²) in [5, 5.41) is 3.27. The van der Waals surface area contributed by atoms with Crippen LogP contribution in [0.2, 0.25) is 0 Å². The van der Waals surface area contributed by atoms with Gasteiger partial charge >= 0.3 is 43.3 Å². The molecule has 1 aliphatic rings. The number of hydrogen-bond acceptors (Lipinski definition) is 2. The second-order valence-electron chi connectivity index (χ2n) is 3.08. The quantitative estimate of drug-likeness (QED) is 0.479. The predicted molar refractivity (Wildman–Crippen MR) is 33.8 cm³/mol. The first kappa shape index (κ1) is 5.49. The van der Waals surface area contributed by atoms with Crippen molar-refractivity contribution in [2.45, 2.75) is 0 Å². The first-order valence-electron chi connectivity index (χ1n) is 2.39. The molecule has 0 aromatic carbocycles. The zero-order valence-electron chi connectivity index (χ0n) is 5.06. The molecule has 1 N–H and O–H groups in total. The molecule has 1 rings (SSSR count). The third-order valence-corrected chi connectivity index (χ3v) is 3.36. The molecular weight excluding hydrogens is 109 g/mol. The van der Waals surface area contributed by atoms with E-state index in [0.717, 1.165) is 6.73 Å². The Balaban J connectivity index is 2.60. The molecule has 1 aliphatic heterocycles. The van der Waals surface area contributed by atoms with E-state index >= 15 is 0 Å². The summed E-state index contributed by atoms with van der Waals surface area (Å²) in [5.74, 6) is 0. The van der Waals surface area contributed by atoms with E-state index in [4.69, 9.17) is 4.52 Å². The van der Waals surface area contributed by atoms with Crippen LogP contribution in [0.4, 0.5) is 0 Å². The zero-order valence-corrected chi connectivity index (χ0v) is 5.96. The Morgan fingerprint density at radius 1 is 1.43 bits per heavy atom. The molecule has 1 fully saturated rings. The van der Waals surface area contributed by atoms with E-state index in [1.54, 1.807) is 0 Å². The fraction of sp³-hybridized carbons (Fsp3) is 1.00. The van der Waals surface area contributed by atoms with Gasteiger partial charge in [0.2, 0.25) is 0 Å². The van der Waals surface area contributed by atoms with Gasteiger partial charge in [-0.1, -0.05) is 0 Å². The summed E-state index contributed by atoms with van der Waals surface area (Å²) >= 11 is 0. The molecule has 0 saturated carbocycles. The molecule has 0 spiro atoms. The van der Waals surface area contributed by atoms with Crippen molar-refractivity contribution in [2.75, 3.05) is 26.7 Å². The topological polar surface area (TPSA) is 21.3 Å². The monoisotopic (exact) mass is 121 g/mol. The van der Waals surface area contributed by atoms with Crippen LogP contribution in [0.5, 0.6) is 0 Å². The normalized spacial score (nSPS) is 40.1. The van der Waals surface area contributed by atoms with Crippen LogP contribution in [-0.4, -0.2) is 26.7 Å². The number of rotatable bonds is 0. The van der Waals surface area contributed by atoms with Gasteiger partial charge in [-0.15, -0.1) is 0 Å². The van der Waals surface area contributed by atoms with E-state index < -0.39 is 6.98 Å². The summed E-state index contributed by atoms with van der Waals surface area (Å²) in [7, 11) is 0. The number of hydrogen-bond donors (Lipinski definition) is 1. The van der Waals surface area contributed by atoms with E-state index in [-0.39, 0.29) is 0 Å². The summed E-state index contributed by atoms with van der Waals surface area (Å²) in [6.45, 7) is 5.55. The van der Waals surface area contributed by atoms with Crippen molar-refractivity contribution in [3.05, 3.63) is 0 Å². The summed E-state index contributed by atoms with van der Waals surface area (Å²) in [6, 6.07) is 0. The van der Waals surface area contributed by atoms with Crippen molar-refractivity contribution < 1.29 is 4.52 Å². The maximum absolute atomic E-state index is 5.32. The van der Waals surface area contributed by atoms with Gasteiger partial charge in [-0.2, -0.15) is 0 Å². The Morgan fingerprint density at radius 2 is 1.71 bits per heavy atom. The van der Waals surface area contributed by atoms with Crippen molar-refractivity contribution in [1.82, 2.24) is 5.09 Å². The molecule has 0 aromatic heterocycles. The average molecular weight is 121 g/mol. The molecule has 0 unspecified atom stereocenters. The van der Waals surface area contributed by atoms with Crippen LogP contribution < -0.4 is 5.09 Å². The van der Waals surface area contributed by atoms with Gasteiger partial charge in [-0.05, 0) is 0 Å². The van der Waals surface area contributed by atoms with Crippen LogP contribution in [-0.2, 0) is 4.52 Å². The van der Waals surface area contributed by atoms with Crippen molar-refractivity contribution in [3.8, 4) is 0 Å². The maximum atomic E-state index is 5.32. The first-order valence-corrected chi connectivity index (χ1v) is 5.89. The Labute approximate surface area is 44.3 Å². The Kier molecular flexibility index (Phi) is 0.799. The molecule has 0 radical (unpaired) electrons. The summed E-state index contributed by atoms with van der Waals surface area (Å²) in [5.41, 5.74) is 0. The van der Waals surface area contributed by atoms with Crippen LogP contribution >= 0.6 is 6.98 Å². The third-order valence-electron chi connectivity index (χ3n) is 1.12. The molecule has 0 amide bonds. The summed E-state index contributed by atoms with van der Waals surface area (Å²) in [6.07, 6.45) is 0. The van der Waals surface area contributed by atoms with E-state index in [2.05, 4.69) is 25.1 Å². The Bertz CT molecular complexity index is 85.6. The van der Waals surface area contributed by atoms with Crippen LogP contribution in [0.15, 0.2) is 0 Å². The van der Waals surface area contributed by atoms with Crippen LogP contribution in [0, 0.1) is 0 Å². The van der Waals surface area contributed by atoms with Gasteiger partial charge in [0, 0.05) is 0 Å². The van der Waals surface area contributed by atoms with Crippen molar-refractivity contribution in [3.63, 3.8) is 0 Å². The molecule has 1 saturated heterocycles.